The number of rotatable bonds is 9. The van der Waals surface area contributed by atoms with E-state index in [9.17, 15) is 13.6 Å². The van der Waals surface area contributed by atoms with Gasteiger partial charge in [-0.25, -0.2) is 8.78 Å². The standard InChI is InChI=1S/C23H29F2N3OS/c1-3-7-19-16(4-2)13-14-23(19,28-21(29)8-5-6-15-26)30-22(27)18-11-9-17(24)10-12-20(18)25/h3-4,7,9-12,17,27H,2,5-6,8,13-15,26H2,1H3,(H,28,29)/b7-3-,27-22?. The lowest BCUT2D eigenvalue weighted by molar-refractivity contribution is -0.121. The SMILES string of the molecule is C=CC1=C(/C=C\C)C(NC(=O)CCCCN)(SC(=N)C2=C(F)C=CC(F)C=C2)CC1. The maximum Gasteiger partial charge on any atom is 0.221 e. The third kappa shape index (κ3) is 5.89. The maximum atomic E-state index is 14.5. The lowest BCUT2D eigenvalue weighted by atomic mass is 10.1. The van der Waals surface area contributed by atoms with E-state index in [1.54, 1.807) is 6.08 Å². The number of amides is 1. The van der Waals surface area contributed by atoms with Gasteiger partial charge in [-0.15, -0.1) is 0 Å². The Bertz CT molecular complexity index is 841. The van der Waals surface area contributed by atoms with Crippen molar-refractivity contribution in [1.82, 2.24) is 5.32 Å². The molecule has 0 aromatic carbocycles. The zero-order chi connectivity index (χ0) is 22.1. The Morgan fingerprint density at radius 3 is 2.83 bits per heavy atom. The Hall–Kier alpha value is -2.25. The number of hydrogen-bond acceptors (Lipinski definition) is 4. The molecule has 0 aliphatic heterocycles. The van der Waals surface area contributed by atoms with Crippen molar-refractivity contribution in [2.24, 2.45) is 5.73 Å². The average molecular weight is 434 g/mol. The van der Waals surface area contributed by atoms with E-state index in [-0.39, 0.29) is 16.5 Å². The van der Waals surface area contributed by atoms with Crippen LogP contribution in [-0.4, -0.2) is 28.5 Å². The predicted molar refractivity (Wildman–Crippen MR) is 122 cm³/mol. The molecule has 2 atom stereocenters. The highest BCUT2D eigenvalue weighted by atomic mass is 32.2. The minimum Gasteiger partial charge on any atom is -0.337 e. The Morgan fingerprint density at radius 2 is 2.17 bits per heavy atom. The summed E-state index contributed by atoms with van der Waals surface area (Å²) in [7, 11) is 0. The Kier molecular flexibility index (Phi) is 8.99. The molecule has 0 radical (unpaired) electrons. The quantitative estimate of drug-likeness (QED) is 0.203. The first-order chi connectivity index (χ1) is 14.4. The topological polar surface area (TPSA) is 79.0 Å². The smallest absolute Gasteiger partial charge is 0.221 e. The van der Waals surface area contributed by atoms with Crippen molar-refractivity contribution in [3.63, 3.8) is 0 Å². The normalized spacial score (nSPS) is 23.9. The fourth-order valence-corrected chi connectivity index (χ4v) is 4.75. The van der Waals surface area contributed by atoms with Gasteiger partial charge >= 0.3 is 0 Å². The van der Waals surface area contributed by atoms with Crippen molar-refractivity contribution in [2.45, 2.75) is 50.1 Å². The number of carbonyl (C=O) groups excluding carboxylic acids is 1. The molecule has 2 unspecified atom stereocenters. The lowest BCUT2D eigenvalue weighted by Gasteiger charge is -2.32. The minimum atomic E-state index is -1.40. The Morgan fingerprint density at radius 1 is 1.43 bits per heavy atom. The van der Waals surface area contributed by atoms with E-state index < -0.39 is 16.9 Å². The molecule has 4 nitrogen and oxygen atoms in total. The van der Waals surface area contributed by atoms with Gasteiger partial charge < -0.3 is 11.1 Å². The molecule has 162 valence electrons. The highest BCUT2D eigenvalue weighted by Gasteiger charge is 2.42. The molecule has 0 aromatic heterocycles. The van der Waals surface area contributed by atoms with Crippen molar-refractivity contribution in [3.8, 4) is 0 Å². The molecule has 0 spiro atoms. The Balaban J connectivity index is 2.37. The van der Waals surface area contributed by atoms with Crippen LogP contribution in [0.5, 0.6) is 0 Å². The summed E-state index contributed by atoms with van der Waals surface area (Å²) >= 11 is 1.07. The molecule has 30 heavy (non-hydrogen) atoms. The number of nitrogens with one attached hydrogen (secondary N) is 2. The molecule has 0 aromatic rings. The van der Waals surface area contributed by atoms with E-state index in [4.69, 9.17) is 11.1 Å². The number of halogens is 2. The molecule has 4 N–H and O–H groups in total. The molecule has 2 rings (SSSR count). The van der Waals surface area contributed by atoms with Crippen LogP contribution >= 0.6 is 11.8 Å². The summed E-state index contributed by atoms with van der Waals surface area (Å²) in [4.78, 5) is 11.8. The maximum absolute atomic E-state index is 14.5. The third-order valence-electron chi connectivity index (χ3n) is 4.96. The number of nitrogens with two attached hydrogens (primary N) is 1. The van der Waals surface area contributed by atoms with Gasteiger partial charge in [0.25, 0.3) is 0 Å². The van der Waals surface area contributed by atoms with Crippen molar-refractivity contribution in [1.29, 1.82) is 5.41 Å². The molecule has 2 aliphatic carbocycles. The minimum absolute atomic E-state index is 0.0000341. The second-order valence-electron chi connectivity index (χ2n) is 7.12. The number of hydrogen-bond donors (Lipinski definition) is 3. The first-order valence-electron chi connectivity index (χ1n) is 10.0. The second kappa shape index (κ2) is 11.2. The summed E-state index contributed by atoms with van der Waals surface area (Å²) in [6, 6.07) is 0. The Labute approximate surface area is 181 Å². The highest BCUT2D eigenvalue weighted by molar-refractivity contribution is 8.15. The number of unbranched alkanes of at least 4 members (excludes halogenated alkanes) is 1. The van der Waals surface area contributed by atoms with E-state index in [1.807, 2.05) is 19.1 Å². The third-order valence-corrected chi connectivity index (χ3v) is 6.26. The molecular weight excluding hydrogens is 404 g/mol. The molecule has 0 saturated carbocycles. The van der Waals surface area contributed by atoms with E-state index in [2.05, 4.69) is 11.9 Å². The van der Waals surface area contributed by atoms with Gasteiger partial charge in [0.15, 0.2) is 0 Å². The summed E-state index contributed by atoms with van der Waals surface area (Å²) in [5.41, 5.74) is 7.34. The van der Waals surface area contributed by atoms with Crippen LogP contribution in [0.2, 0.25) is 0 Å². The number of allylic oxidation sites excluding steroid dienone is 8. The molecule has 0 saturated heterocycles. The van der Waals surface area contributed by atoms with Gasteiger partial charge in [-0.05, 0) is 68.5 Å². The fraction of sp³-hybridized carbons (Fsp3) is 0.391. The first kappa shape index (κ1) is 24.0. The van der Waals surface area contributed by atoms with Gasteiger partial charge in [-0.2, -0.15) is 0 Å². The zero-order valence-corrected chi connectivity index (χ0v) is 18.0. The summed E-state index contributed by atoms with van der Waals surface area (Å²) in [6.45, 7) is 6.26. The molecule has 0 heterocycles. The predicted octanol–water partition coefficient (Wildman–Crippen LogP) is 5.18. The molecule has 2 aliphatic rings. The highest BCUT2D eigenvalue weighted by Crippen LogP contribution is 2.46. The van der Waals surface area contributed by atoms with Crippen LogP contribution in [0.4, 0.5) is 8.78 Å². The van der Waals surface area contributed by atoms with Crippen LogP contribution in [0.3, 0.4) is 0 Å². The van der Waals surface area contributed by atoms with Crippen LogP contribution in [-0.2, 0) is 4.79 Å². The fourth-order valence-electron chi connectivity index (χ4n) is 3.45. The summed E-state index contributed by atoms with van der Waals surface area (Å²) in [5, 5.41) is 11.6. The molecule has 0 fully saturated rings. The van der Waals surface area contributed by atoms with E-state index in [0.29, 0.717) is 32.2 Å². The van der Waals surface area contributed by atoms with Crippen LogP contribution in [0.25, 0.3) is 0 Å². The first-order valence-corrected chi connectivity index (χ1v) is 10.9. The summed E-state index contributed by atoms with van der Waals surface area (Å²) in [5.74, 6) is -0.822. The molecule has 1 amide bonds. The number of carbonyl (C=O) groups is 1. The van der Waals surface area contributed by atoms with Gasteiger partial charge in [0, 0.05) is 12.0 Å². The molecule has 7 heteroatoms. The van der Waals surface area contributed by atoms with Gasteiger partial charge in [0.05, 0.1) is 5.04 Å². The van der Waals surface area contributed by atoms with Gasteiger partial charge in [-0.3, -0.25) is 10.2 Å². The summed E-state index contributed by atoms with van der Waals surface area (Å²) in [6.07, 6.45) is 11.7. The van der Waals surface area contributed by atoms with E-state index in [0.717, 1.165) is 41.5 Å². The number of thioether (sulfide) groups is 1. The molecular formula is C23H29F2N3OS. The second-order valence-corrected chi connectivity index (χ2v) is 8.43. The largest absolute Gasteiger partial charge is 0.337 e. The molecule has 0 bridgehead atoms. The van der Waals surface area contributed by atoms with Crippen molar-refractivity contribution in [2.75, 3.05) is 6.54 Å². The number of alkyl halides is 1. The van der Waals surface area contributed by atoms with Crippen LogP contribution in [0, 0.1) is 5.41 Å². The van der Waals surface area contributed by atoms with E-state index in [1.165, 1.54) is 12.2 Å². The van der Waals surface area contributed by atoms with Crippen molar-refractivity contribution in [3.05, 3.63) is 71.7 Å². The van der Waals surface area contributed by atoms with Gasteiger partial charge in [0.2, 0.25) is 5.91 Å². The van der Waals surface area contributed by atoms with Crippen LogP contribution in [0.1, 0.15) is 39.0 Å². The van der Waals surface area contributed by atoms with Crippen LogP contribution < -0.4 is 11.1 Å². The van der Waals surface area contributed by atoms with Crippen LogP contribution in [0.15, 0.2) is 71.7 Å². The van der Waals surface area contributed by atoms with Crippen molar-refractivity contribution >= 4 is 22.7 Å². The van der Waals surface area contributed by atoms with E-state index >= 15 is 0 Å². The lowest BCUT2D eigenvalue weighted by Crippen LogP contribution is -2.46. The summed E-state index contributed by atoms with van der Waals surface area (Å²) < 4.78 is 28.0. The van der Waals surface area contributed by atoms with Crippen molar-refractivity contribution < 1.29 is 13.6 Å². The van der Waals surface area contributed by atoms with Gasteiger partial charge in [0.1, 0.15) is 16.9 Å². The van der Waals surface area contributed by atoms with Gasteiger partial charge in [-0.1, -0.05) is 42.6 Å². The zero-order valence-electron chi connectivity index (χ0n) is 17.2. The average Bonchev–Trinajstić information content (AvgIpc) is 2.93. The monoisotopic (exact) mass is 433 g/mol.